The van der Waals surface area contributed by atoms with Crippen LogP contribution in [0.3, 0.4) is 0 Å². The number of imide groups is 1. The molecule has 7 heteroatoms. The molecule has 108 valence electrons. The number of hydrogen-bond donors (Lipinski definition) is 2. The molecule has 0 aliphatic rings. The lowest BCUT2D eigenvalue weighted by Crippen LogP contribution is -2.42. The number of aliphatic carboxylic acids is 1. The van der Waals surface area contributed by atoms with E-state index in [1.807, 2.05) is 19.1 Å². The van der Waals surface area contributed by atoms with Gasteiger partial charge in [-0.2, -0.15) is 0 Å². The van der Waals surface area contributed by atoms with E-state index in [0.717, 1.165) is 5.56 Å². The predicted octanol–water partition coefficient (Wildman–Crippen LogP) is 0.769. The lowest BCUT2D eigenvalue weighted by atomic mass is 10.2. The molecule has 0 spiro atoms. The monoisotopic (exact) mass is 280 g/mol. The number of para-hydroxylation sites is 1. The quantitative estimate of drug-likeness (QED) is 0.830. The fourth-order valence-electron chi connectivity index (χ4n) is 1.52. The molecular formula is C13H16N2O5. The van der Waals surface area contributed by atoms with Crippen LogP contribution in [0.5, 0.6) is 0 Å². The maximum atomic E-state index is 11.8. The highest BCUT2D eigenvalue weighted by Crippen LogP contribution is 2.17. The van der Waals surface area contributed by atoms with Crippen LogP contribution in [0.4, 0.5) is 10.5 Å². The maximum absolute atomic E-state index is 11.8. The first-order valence-electron chi connectivity index (χ1n) is 5.84. The Morgan fingerprint density at radius 3 is 2.50 bits per heavy atom. The van der Waals surface area contributed by atoms with Gasteiger partial charge in [-0.3, -0.25) is 15.0 Å². The molecule has 0 heterocycles. The van der Waals surface area contributed by atoms with Gasteiger partial charge >= 0.3 is 12.0 Å². The Morgan fingerprint density at radius 2 is 1.90 bits per heavy atom. The summed E-state index contributed by atoms with van der Waals surface area (Å²) in [6.07, 6.45) is 0. The predicted molar refractivity (Wildman–Crippen MR) is 71.6 cm³/mol. The number of urea groups is 1. The second-order valence-corrected chi connectivity index (χ2v) is 4.09. The molecule has 0 aliphatic heterocycles. The number of nitrogens with one attached hydrogen (secondary N) is 1. The van der Waals surface area contributed by atoms with E-state index in [-0.39, 0.29) is 0 Å². The first kappa shape index (κ1) is 15.6. The zero-order valence-corrected chi connectivity index (χ0v) is 11.3. The summed E-state index contributed by atoms with van der Waals surface area (Å²) in [5.74, 6) is -1.88. The summed E-state index contributed by atoms with van der Waals surface area (Å²) in [4.78, 5) is 34.7. The molecule has 0 bridgehead atoms. The smallest absolute Gasteiger partial charge is 0.329 e. The van der Waals surface area contributed by atoms with Crippen LogP contribution in [0.15, 0.2) is 24.3 Å². The van der Waals surface area contributed by atoms with Gasteiger partial charge in [0.05, 0.1) is 0 Å². The maximum Gasteiger partial charge on any atom is 0.329 e. The average molecular weight is 280 g/mol. The Hall–Kier alpha value is -2.41. The van der Waals surface area contributed by atoms with Crippen molar-refractivity contribution in [2.24, 2.45) is 0 Å². The lowest BCUT2D eigenvalue weighted by Gasteiger charge is -2.19. The number of aryl methyl sites for hydroxylation is 1. The number of amides is 3. The number of nitrogens with zero attached hydrogens (tertiary/aromatic N) is 1. The molecule has 7 nitrogen and oxygen atoms in total. The number of carboxylic acids is 1. The normalized spacial score (nSPS) is 9.90. The van der Waals surface area contributed by atoms with Crippen molar-refractivity contribution in [1.82, 2.24) is 5.32 Å². The highest BCUT2D eigenvalue weighted by Gasteiger charge is 2.15. The van der Waals surface area contributed by atoms with Crippen LogP contribution in [0.2, 0.25) is 0 Å². The van der Waals surface area contributed by atoms with E-state index < -0.39 is 31.1 Å². The van der Waals surface area contributed by atoms with E-state index in [1.165, 1.54) is 11.9 Å². The lowest BCUT2D eigenvalue weighted by molar-refractivity contribution is -0.143. The highest BCUT2D eigenvalue weighted by molar-refractivity contribution is 6.03. The number of rotatable bonds is 5. The fraction of sp³-hybridized carbons (Fsp3) is 0.308. The highest BCUT2D eigenvalue weighted by atomic mass is 16.5. The van der Waals surface area contributed by atoms with Crippen molar-refractivity contribution in [3.05, 3.63) is 29.8 Å². The van der Waals surface area contributed by atoms with Crippen LogP contribution in [0.1, 0.15) is 5.56 Å². The molecule has 1 rings (SSSR count). The van der Waals surface area contributed by atoms with Gasteiger partial charge in [-0.15, -0.1) is 0 Å². The van der Waals surface area contributed by atoms with Crippen molar-refractivity contribution < 1.29 is 24.2 Å². The molecule has 2 N–H and O–H groups in total. The molecule has 0 unspecified atom stereocenters. The summed E-state index contributed by atoms with van der Waals surface area (Å²) >= 11 is 0. The Morgan fingerprint density at radius 1 is 1.25 bits per heavy atom. The van der Waals surface area contributed by atoms with Gasteiger partial charge in [-0.05, 0) is 18.6 Å². The van der Waals surface area contributed by atoms with Crippen molar-refractivity contribution in [1.29, 1.82) is 0 Å². The van der Waals surface area contributed by atoms with Gasteiger partial charge in [0.2, 0.25) is 0 Å². The number of carboxylic acid groups (broad SMARTS) is 1. The third-order valence-corrected chi connectivity index (χ3v) is 2.49. The van der Waals surface area contributed by atoms with E-state index in [2.05, 4.69) is 10.1 Å². The summed E-state index contributed by atoms with van der Waals surface area (Å²) in [6, 6.07) is 6.61. The molecule has 0 saturated carbocycles. The topological polar surface area (TPSA) is 95.9 Å². The van der Waals surface area contributed by atoms with Gasteiger partial charge in [-0.1, -0.05) is 18.2 Å². The SMILES string of the molecule is Cc1ccccc1N(C)C(=O)NC(=O)COCC(=O)O. The number of hydrogen-bond acceptors (Lipinski definition) is 4. The summed E-state index contributed by atoms with van der Waals surface area (Å²) in [6.45, 7) is 0.770. The second kappa shape index (κ2) is 7.25. The third kappa shape index (κ3) is 4.69. The van der Waals surface area contributed by atoms with Gasteiger partial charge in [0.15, 0.2) is 0 Å². The van der Waals surface area contributed by atoms with Gasteiger partial charge < -0.3 is 9.84 Å². The van der Waals surface area contributed by atoms with Gasteiger partial charge in [0.25, 0.3) is 5.91 Å². The van der Waals surface area contributed by atoms with Crippen LogP contribution >= 0.6 is 0 Å². The molecular weight excluding hydrogens is 264 g/mol. The first-order valence-corrected chi connectivity index (χ1v) is 5.84. The van der Waals surface area contributed by atoms with Crippen LogP contribution in [-0.2, 0) is 14.3 Å². The minimum Gasteiger partial charge on any atom is -0.480 e. The second-order valence-electron chi connectivity index (χ2n) is 4.09. The van der Waals surface area contributed by atoms with Crippen LogP contribution < -0.4 is 10.2 Å². The molecule has 0 aliphatic carbocycles. The minimum absolute atomic E-state index is 0.486. The van der Waals surface area contributed by atoms with Gasteiger partial charge in [-0.25, -0.2) is 9.59 Å². The fourth-order valence-corrected chi connectivity index (χ4v) is 1.52. The van der Waals surface area contributed by atoms with Crippen molar-refractivity contribution in [2.45, 2.75) is 6.92 Å². The van der Waals surface area contributed by atoms with Crippen LogP contribution in [0, 0.1) is 6.92 Å². The Labute approximate surface area is 116 Å². The number of ether oxygens (including phenoxy) is 1. The molecule has 1 aromatic rings. The molecule has 20 heavy (non-hydrogen) atoms. The van der Waals surface area contributed by atoms with Crippen molar-refractivity contribution in [3.8, 4) is 0 Å². The third-order valence-electron chi connectivity index (χ3n) is 2.49. The number of benzene rings is 1. The van der Waals surface area contributed by atoms with E-state index in [9.17, 15) is 14.4 Å². The molecule has 3 amide bonds. The van der Waals surface area contributed by atoms with Crippen molar-refractivity contribution in [2.75, 3.05) is 25.2 Å². The summed E-state index contributed by atoms with van der Waals surface area (Å²) < 4.78 is 4.58. The number of carbonyl (C=O) groups is 3. The van der Waals surface area contributed by atoms with Crippen LogP contribution in [-0.4, -0.2) is 43.3 Å². The molecule has 0 aromatic heterocycles. The van der Waals surface area contributed by atoms with Crippen molar-refractivity contribution >= 4 is 23.6 Å². The molecule has 0 saturated heterocycles. The zero-order valence-electron chi connectivity index (χ0n) is 11.3. The standard InChI is InChI=1S/C13H16N2O5/c1-9-5-3-4-6-10(9)15(2)13(19)14-11(16)7-20-8-12(17)18/h3-6H,7-8H2,1-2H3,(H,17,18)(H,14,16,19). The van der Waals surface area contributed by atoms with E-state index >= 15 is 0 Å². The van der Waals surface area contributed by atoms with Gasteiger partial charge in [0, 0.05) is 12.7 Å². The zero-order chi connectivity index (χ0) is 15.1. The summed E-state index contributed by atoms with van der Waals surface area (Å²) in [5.41, 5.74) is 1.56. The largest absolute Gasteiger partial charge is 0.480 e. The Bertz CT molecular complexity index is 515. The van der Waals surface area contributed by atoms with E-state index in [4.69, 9.17) is 5.11 Å². The molecule has 0 radical (unpaired) electrons. The van der Waals surface area contributed by atoms with Crippen molar-refractivity contribution in [3.63, 3.8) is 0 Å². The summed E-state index contributed by atoms with van der Waals surface area (Å²) in [5, 5.41) is 10.5. The Kier molecular flexibility index (Phi) is 5.67. The Balaban J connectivity index is 2.52. The summed E-state index contributed by atoms with van der Waals surface area (Å²) in [7, 11) is 1.53. The molecule has 0 atom stereocenters. The minimum atomic E-state index is -1.18. The molecule has 0 fully saturated rings. The number of carbonyl (C=O) groups excluding carboxylic acids is 2. The first-order chi connectivity index (χ1) is 9.41. The average Bonchev–Trinajstić information content (AvgIpc) is 2.38. The van der Waals surface area contributed by atoms with Crippen LogP contribution in [0.25, 0.3) is 0 Å². The number of anilines is 1. The van der Waals surface area contributed by atoms with E-state index in [0.29, 0.717) is 5.69 Å². The van der Waals surface area contributed by atoms with Gasteiger partial charge in [0.1, 0.15) is 13.2 Å². The van der Waals surface area contributed by atoms with E-state index in [1.54, 1.807) is 12.1 Å². The molecule has 1 aromatic carbocycles.